The van der Waals surface area contributed by atoms with Crippen molar-refractivity contribution in [2.24, 2.45) is 5.10 Å². The van der Waals surface area contributed by atoms with Crippen LogP contribution in [0.2, 0.25) is 0 Å². The van der Waals surface area contributed by atoms with Gasteiger partial charge >= 0.3 is 22.4 Å². The zero-order valence-corrected chi connectivity index (χ0v) is 18.9. The van der Waals surface area contributed by atoms with Crippen LogP contribution in [0, 0.1) is 0 Å². The van der Waals surface area contributed by atoms with Gasteiger partial charge in [-0.05, 0) is 23.6 Å². The molecule has 2 aliphatic rings. The maximum absolute atomic E-state index is 12.8. The summed E-state index contributed by atoms with van der Waals surface area (Å²) in [6, 6.07) is 2.52. The van der Waals surface area contributed by atoms with Crippen molar-refractivity contribution in [1.29, 1.82) is 0 Å². The van der Waals surface area contributed by atoms with Crippen LogP contribution in [0.1, 0.15) is 16.7 Å². The van der Waals surface area contributed by atoms with Gasteiger partial charge in [-0.25, -0.2) is 23.8 Å². The Morgan fingerprint density at radius 2 is 2.06 bits per heavy atom. The number of hydrazone groups is 1. The van der Waals surface area contributed by atoms with E-state index >= 15 is 0 Å². The molecule has 4 heterocycles. The number of rotatable bonds is 7. The molecule has 0 aromatic carbocycles. The largest absolute Gasteiger partial charge is 0.463 e. The molecule has 6 amide bonds. The number of amides is 6. The Morgan fingerprint density at radius 1 is 1.26 bits per heavy atom. The van der Waals surface area contributed by atoms with Gasteiger partial charge in [0, 0.05) is 4.88 Å². The number of nitrogens with zero attached hydrogens (tertiary/aromatic N) is 4. The van der Waals surface area contributed by atoms with Gasteiger partial charge in [-0.1, -0.05) is 6.07 Å². The summed E-state index contributed by atoms with van der Waals surface area (Å²) in [6.45, 7) is -0.299. The monoisotopic (exact) mass is 510 g/mol. The third kappa shape index (κ3) is 4.78. The number of imide groups is 1. The van der Waals surface area contributed by atoms with Gasteiger partial charge in [-0.15, -0.1) is 11.3 Å². The van der Waals surface area contributed by atoms with E-state index in [4.69, 9.17) is 8.97 Å². The number of furan rings is 1. The van der Waals surface area contributed by atoms with Crippen LogP contribution in [-0.2, 0) is 19.9 Å². The highest BCUT2D eigenvalue weighted by atomic mass is 32.2. The molecule has 2 aromatic rings. The molecular weight excluding hydrogens is 492 g/mol. The molecule has 2 unspecified atom stereocenters. The van der Waals surface area contributed by atoms with Crippen molar-refractivity contribution in [3.63, 3.8) is 0 Å². The summed E-state index contributed by atoms with van der Waals surface area (Å²) >= 11 is 1.16. The highest BCUT2D eigenvalue weighted by Crippen LogP contribution is 2.22. The molecule has 2 atom stereocenters. The number of thiophene rings is 1. The van der Waals surface area contributed by atoms with E-state index in [1.54, 1.807) is 29.6 Å². The molecule has 14 nitrogen and oxygen atoms in total. The van der Waals surface area contributed by atoms with E-state index in [1.165, 1.54) is 12.5 Å². The van der Waals surface area contributed by atoms with Crippen LogP contribution in [0.4, 0.5) is 9.59 Å². The fourth-order valence-electron chi connectivity index (χ4n) is 3.20. The molecule has 2 fully saturated rings. The molecule has 0 bridgehead atoms. The highest BCUT2D eigenvalue weighted by Gasteiger charge is 2.45. The van der Waals surface area contributed by atoms with Crippen molar-refractivity contribution in [1.82, 2.24) is 24.8 Å². The predicted molar refractivity (Wildman–Crippen MR) is 116 cm³/mol. The number of urea groups is 2. The van der Waals surface area contributed by atoms with E-state index in [2.05, 4.69) is 15.7 Å². The first-order valence-corrected chi connectivity index (χ1v) is 12.0. The highest BCUT2D eigenvalue weighted by molar-refractivity contribution is 7.84. The van der Waals surface area contributed by atoms with E-state index in [9.17, 15) is 27.6 Å². The average Bonchev–Trinajstić information content (AvgIpc) is 3.54. The van der Waals surface area contributed by atoms with Crippen LogP contribution in [0.5, 0.6) is 0 Å². The van der Waals surface area contributed by atoms with Gasteiger partial charge in [0.15, 0.2) is 0 Å². The summed E-state index contributed by atoms with van der Waals surface area (Å²) < 4.78 is 36.4. The summed E-state index contributed by atoms with van der Waals surface area (Å²) in [6.07, 6.45) is 2.77. The molecule has 34 heavy (non-hydrogen) atoms. The standard InChI is InChI=1S/C18H18N6O8S2/c25-15(20-12-10-24(16(12)26)34(29,30)31)14(13-4-2-8-33-13)21-17(27)22-5-6-23(18(22)28)19-9-11-3-1-7-32-11/h1-4,7-9,12,14H,5-6,10H2,(H,20,25)(H,21,27)(H,29,30,31). The van der Waals surface area contributed by atoms with Gasteiger partial charge in [-0.3, -0.25) is 14.1 Å². The van der Waals surface area contributed by atoms with Gasteiger partial charge in [0.2, 0.25) is 5.91 Å². The van der Waals surface area contributed by atoms with Gasteiger partial charge in [-0.2, -0.15) is 13.5 Å². The number of β-lactam (4-membered cyclic amide) rings is 1. The molecule has 2 aromatic heterocycles. The van der Waals surface area contributed by atoms with E-state index in [0.29, 0.717) is 10.6 Å². The predicted octanol–water partition coefficient (Wildman–Crippen LogP) is -0.00670. The van der Waals surface area contributed by atoms with Crippen molar-refractivity contribution in [3.8, 4) is 0 Å². The minimum Gasteiger partial charge on any atom is -0.463 e. The molecule has 16 heteroatoms. The number of carbonyl (C=O) groups excluding carboxylic acids is 4. The average molecular weight is 511 g/mol. The molecular formula is C18H18N6O8S2. The first-order valence-electron chi connectivity index (χ1n) is 9.75. The second-order valence-electron chi connectivity index (χ2n) is 7.12. The van der Waals surface area contributed by atoms with E-state index in [1.807, 2.05) is 0 Å². The molecule has 4 rings (SSSR count). The summed E-state index contributed by atoms with van der Waals surface area (Å²) in [5, 5.41) is 11.5. The Hall–Kier alpha value is -3.76. The van der Waals surface area contributed by atoms with Gasteiger partial charge in [0.1, 0.15) is 17.8 Å². The first-order chi connectivity index (χ1) is 16.1. The smallest absolute Gasteiger partial charge is 0.362 e. The lowest BCUT2D eigenvalue weighted by molar-refractivity contribution is -0.141. The lowest BCUT2D eigenvalue weighted by atomic mass is 10.1. The number of nitrogens with one attached hydrogen (secondary N) is 2. The SMILES string of the molecule is O=C(NC1CN(S(=O)(=O)O)C1=O)C(NC(=O)N1CCN(N=Cc2ccco2)C1=O)c1cccs1. The van der Waals surface area contributed by atoms with Crippen LogP contribution in [0.15, 0.2) is 45.4 Å². The maximum atomic E-state index is 12.8. The normalized spacial score (nSPS) is 19.4. The van der Waals surface area contributed by atoms with Gasteiger partial charge < -0.3 is 15.1 Å². The second kappa shape index (κ2) is 9.24. The van der Waals surface area contributed by atoms with Crippen molar-refractivity contribution in [2.75, 3.05) is 19.6 Å². The zero-order valence-electron chi connectivity index (χ0n) is 17.2. The first kappa shape index (κ1) is 23.4. The summed E-state index contributed by atoms with van der Waals surface area (Å²) in [4.78, 5) is 51.4. The molecule has 0 spiro atoms. The lowest BCUT2D eigenvalue weighted by Crippen LogP contribution is -2.66. The van der Waals surface area contributed by atoms with Crippen LogP contribution >= 0.6 is 11.3 Å². The third-order valence-corrected chi connectivity index (χ3v) is 6.77. The Labute approximate surface area is 196 Å². The lowest BCUT2D eigenvalue weighted by Gasteiger charge is -2.36. The van der Waals surface area contributed by atoms with E-state index in [0.717, 1.165) is 21.2 Å². The number of hydrogen-bond donors (Lipinski definition) is 3. The second-order valence-corrected chi connectivity index (χ2v) is 9.44. The van der Waals surface area contributed by atoms with Crippen LogP contribution < -0.4 is 10.6 Å². The minimum absolute atomic E-state index is 0.0172. The molecule has 2 saturated heterocycles. The molecule has 180 valence electrons. The van der Waals surface area contributed by atoms with Crippen LogP contribution in [0.25, 0.3) is 0 Å². The number of hydrogen-bond acceptors (Lipinski definition) is 9. The fraction of sp³-hybridized carbons (Fsp3) is 0.278. The molecule has 0 radical (unpaired) electrons. The zero-order chi connectivity index (χ0) is 24.5. The van der Waals surface area contributed by atoms with Gasteiger partial charge in [0.25, 0.3) is 5.91 Å². The summed E-state index contributed by atoms with van der Waals surface area (Å²) in [7, 11) is -4.71. The summed E-state index contributed by atoms with van der Waals surface area (Å²) in [5.74, 6) is -1.38. The molecule has 3 N–H and O–H groups in total. The molecule has 0 aliphatic carbocycles. The fourth-order valence-corrected chi connectivity index (χ4v) is 4.67. The minimum atomic E-state index is -4.71. The van der Waals surface area contributed by atoms with Crippen molar-refractivity contribution < 1.29 is 36.6 Å². The maximum Gasteiger partial charge on any atom is 0.362 e. The van der Waals surface area contributed by atoms with Crippen molar-refractivity contribution >= 4 is 51.7 Å². The molecule has 0 saturated carbocycles. The van der Waals surface area contributed by atoms with Gasteiger partial charge in [0.05, 0.1) is 32.1 Å². The Balaban J connectivity index is 1.41. The quantitative estimate of drug-likeness (QED) is 0.264. The summed E-state index contributed by atoms with van der Waals surface area (Å²) in [5.41, 5.74) is 0. The van der Waals surface area contributed by atoms with E-state index < -0.39 is 52.8 Å². The topological polar surface area (TPSA) is 182 Å². The van der Waals surface area contributed by atoms with Crippen LogP contribution in [-0.4, -0.2) is 83.0 Å². The van der Waals surface area contributed by atoms with Crippen molar-refractivity contribution in [2.45, 2.75) is 12.1 Å². The van der Waals surface area contributed by atoms with Crippen LogP contribution in [0.3, 0.4) is 0 Å². The Morgan fingerprint density at radius 3 is 2.68 bits per heavy atom. The number of carbonyl (C=O) groups is 4. The third-order valence-electron chi connectivity index (χ3n) is 4.94. The Bertz CT molecular complexity index is 1230. The van der Waals surface area contributed by atoms with Crippen molar-refractivity contribution in [3.05, 3.63) is 46.5 Å². The van der Waals surface area contributed by atoms with E-state index in [-0.39, 0.29) is 17.4 Å². The molecule has 2 aliphatic heterocycles. The Kier molecular flexibility index (Phi) is 6.36.